The van der Waals surface area contributed by atoms with E-state index >= 15 is 0 Å². The zero-order chi connectivity index (χ0) is 26.9. The number of likely N-dealkylation sites (N-methyl/N-ethyl adjacent to an activating group) is 1. The van der Waals surface area contributed by atoms with E-state index in [1.165, 1.54) is 0 Å². The van der Waals surface area contributed by atoms with Crippen molar-refractivity contribution in [3.63, 3.8) is 0 Å². The Morgan fingerprint density at radius 3 is 2.63 bits per heavy atom. The lowest BCUT2D eigenvalue weighted by molar-refractivity contribution is 0.0926. The second kappa shape index (κ2) is 10.7. The number of pyridine rings is 1. The van der Waals surface area contributed by atoms with E-state index in [2.05, 4.69) is 25.4 Å². The molecule has 0 aliphatic carbocycles. The van der Waals surface area contributed by atoms with Gasteiger partial charge in [0.1, 0.15) is 17.4 Å². The van der Waals surface area contributed by atoms with Gasteiger partial charge in [0.25, 0.3) is 5.91 Å². The minimum absolute atomic E-state index is 0.177. The van der Waals surface area contributed by atoms with Gasteiger partial charge in [0.05, 0.1) is 17.2 Å². The van der Waals surface area contributed by atoms with Crippen molar-refractivity contribution in [3.05, 3.63) is 97.2 Å². The predicted molar refractivity (Wildman–Crippen MR) is 149 cm³/mol. The van der Waals surface area contributed by atoms with Crippen LogP contribution in [0.5, 0.6) is 5.75 Å². The summed E-state index contributed by atoms with van der Waals surface area (Å²) < 4.78 is 6.01. The van der Waals surface area contributed by atoms with Crippen molar-refractivity contribution in [2.45, 2.75) is 31.9 Å². The Morgan fingerprint density at radius 1 is 1.21 bits per heavy atom. The number of amides is 1. The van der Waals surface area contributed by atoms with Crippen LogP contribution in [-0.4, -0.2) is 52.2 Å². The van der Waals surface area contributed by atoms with Crippen LogP contribution in [0.2, 0.25) is 5.02 Å². The van der Waals surface area contributed by atoms with Gasteiger partial charge in [-0.15, -0.1) is 0 Å². The maximum absolute atomic E-state index is 13.1. The zero-order valence-corrected chi connectivity index (χ0v) is 22.9. The first-order chi connectivity index (χ1) is 18.2. The molecule has 2 aromatic heterocycles. The average molecular weight is 550 g/mol. The van der Waals surface area contributed by atoms with Gasteiger partial charge in [0.2, 0.25) is 0 Å². The fourth-order valence-corrected chi connectivity index (χ4v) is 5.77. The smallest absolute Gasteiger partial charge is 0.322 e. The van der Waals surface area contributed by atoms with E-state index in [0.29, 0.717) is 41.0 Å². The maximum Gasteiger partial charge on any atom is 0.322 e. The summed E-state index contributed by atoms with van der Waals surface area (Å²) >= 11 is 7.11. The SMILES string of the molecule is Cc1cc(COc2ccc(C(=O)N[C@@H]3CN(C)C[C@@]3(C)c3n[nH]c(=O)s3)cc2)cc(-c2ccc(Cl)cc2)n1. The van der Waals surface area contributed by atoms with Crippen molar-refractivity contribution in [3.8, 4) is 17.0 Å². The molecule has 4 aromatic rings. The van der Waals surface area contributed by atoms with Crippen LogP contribution in [0, 0.1) is 6.92 Å². The molecule has 0 saturated carbocycles. The first kappa shape index (κ1) is 26.1. The number of ether oxygens (including phenoxy) is 1. The number of rotatable bonds is 7. The van der Waals surface area contributed by atoms with Gasteiger partial charge in [0.15, 0.2) is 0 Å². The number of aromatic nitrogens is 3. The molecular formula is C28H28ClN5O3S. The van der Waals surface area contributed by atoms with Gasteiger partial charge in [0, 0.05) is 34.9 Å². The number of carbonyl (C=O) groups excluding carboxylic acids is 1. The lowest BCUT2D eigenvalue weighted by atomic mass is 9.85. The van der Waals surface area contributed by atoms with Crippen molar-refractivity contribution in [2.75, 3.05) is 20.1 Å². The average Bonchev–Trinajstić information content (AvgIpc) is 3.46. The molecule has 8 nitrogen and oxygen atoms in total. The largest absolute Gasteiger partial charge is 0.489 e. The summed E-state index contributed by atoms with van der Waals surface area (Å²) in [5, 5.41) is 11.2. The molecule has 38 heavy (non-hydrogen) atoms. The summed E-state index contributed by atoms with van der Waals surface area (Å²) in [6.45, 7) is 5.72. The van der Waals surface area contributed by atoms with Crippen molar-refractivity contribution < 1.29 is 9.53 Å². The number of halogens is 1. The first-order valence-corrected chi connectivity index (χ1v) is 13.4. The van der Waals surface area contributed by atoms with Crippen LogP contribution in [0.15, 0.2) is 65.5 Å². The molecule has 2 atom stereocenters. The third-order valence-electron chi connectivity index (χ3n) is 6.77. The Morgan fingerprint density at radius 2 is 1.95 bits per heavy atom. The standard InChI is InChI=1S/C28H28ClN5O3S/c1-17-12-18(13-23(30-17)19-4-8-21(29)9-5-19)15-37-22-10-6-20(7-11-22)25(35)31-24-14-34(3)16-28(24,2)26-32-33-27(36)38-26/h4-13,24H,14-16H2,1-3H3,(H,31,35)(H,33,36)/t24-,28-/m1/s1. The van der Waals surface area contributed by atoms with Crippen LogP contribution < -0.4 is 14.9 Å². The first-order valence-electron chi connectivity index (χ1n) is 12.2. The normalized spacial score (nSPS) is 19.4. The van der Waals surface area contributed by atoms with Gasteiger partial charge in [-0.3, -0.25) is 14.6 Å². The fourth-order valence-electron chi connectivity index (χ4n) is 4.85. The number of hydrogen-bond acceptors (Lipinski definition) is 7. The summed E-state index contributed by atoms with van der Waals surface area (Å²) in [5.74, 6) is 0.485. The number of aryl methyl sites for hydroxylation is 1. The molecule has 0 bridgehead atoms. The number of hydrogen-bond donors (Lipinski definition) is 2. The summed E-state index contributed by atoms with van der Waals surface area (Å²) in [6, 6.07) is 18.5. The number of carbonyl (C=O) groups is 1. The number of nitrogens with one attached hydrogen (secondary N) is 2. The molecule has 196 valence electrons. The van der Waals surface area contributed by atoms with Crippen LogP contribution in [0.25, 0.3) is 11.3 Å². The molecule has 2 N–H and O–H groups in total. The van der Waals surface area contributed by atoms with E-state index < -0.39 is 5.41 Å². The summed E-state index contributed by atoms with van der Waals surface area (Å²) in [6.07, 6.45) is 0. The molecule has 5 rings (SSSR count). The van der Waals surface area contributed by atoms with E-state index in [9.17, 15) is 9.59 Å². The quantitative estimate of drug-likeness (QED) is 0.353. The lowest BCUT2D eigenvalue weighted by Gasteiger charge is -2.28. The third kappa shape index (κ3) is 5.65. The second-order valence-corrected chi connectivity index (χ2v) is 11.3. The Hall–Kier alpha value is -3.53. The highest BCUT2D eigenvalue weighted by Crippen LogP contribution is 2.34. The molecule has 0 spiro atoms. The molecule has 1 aliphatic heterocycles. The number of aromatic amines is 1. The van der Waals surface area contributed by atoms with Gasteiger partial charge < -0.3 is 15.0 Å². The molecule has 0 unspecified atom stereocenters. The van der Waals surface area contributed by atoms with Crippen molar-refractivity contribution in [1.82, 2.24) is 25.4 Å². The molecule has 2 aromatic carbocycles. The van der Waals surface area contributed by atoms with Gasteiger partial charge >= 0.3 is 4.87 Å². The topological polar surface area (TPSA) is 100 Å². The molecule has 10 heteroatoms. The van der Waals surface area contributed by atoms with Crippen LogP contribution in [-0.2, 0) is 12.0 Å². The molecule has 0 radical (unpaired) electrons. The van der Waals surface area contributed by atoms with Gasteiger partial charge in [-0.05, 0) is 75.0 Å². The number of nitrogens with zero attached hydrogens (tertiary/aromatic N) is 3. The maximum atomic E-state index is 13.1. The molecule has 1 amide bonds. The number of H-pyrrole nitrogens is 1. The lowest BCUT2D eigenvalue weighted by Crippen LogP contribution is -2.48. The zero-order valence-electron chi connectivity index (χ0n) is 21.3. The van der Waals surface area contributed by atoms with Crippen LogP contribution >= 0.6 is 22.9 Å². The van der Waals surface area contributed by atoms with Gasteiger partial charge in [-0.2, -0.15) is 5.10 Å². The minimum atomic E-state index is -0.454. The molecule has 1 aliphatic rings. The van der Waals surface area contributed by atoms with Crippen LogP contribution in [0.4, 0.5) is 0 Å². The van der Waals surface area contributed by atoms with E-state index in [1.807, 2.05) is 57.3 Å². The molecule has 3 heterocycles. The van der Waals surface area contributed by atoms with E-state index in [4.69, 9.17) is 16.3 Å². The minimum Gasteiger partial charge on any atom is -0.489 e. The van der Waals surface area contributed by atoms with Gasteiger partial charge in [-0.25, -0.2) is 5.10 Å². The third-order valence-corrected chi connectivity index (χ3v) is 8.05. The molecule has 1 saturated heterocycles. The molecular weight excluding hydrogens is 522 g/mol. The monoisotopic (exact) mass is 549 g/mol. The Labute approximate surface area is 229 Å². The summed E-state index contributed by atoms with van der Waals surface area (Å²) in [7, 11) is 1.99. The van der Waals surface area contributed by atoms with Crippen LogP contribution in [0.3, 0.4) is 0 Å². The second-order valence-electron chi connectivity index (χ2n) is 9.88. The highest BCUT2D eigenvalue weighted by Gasteiger charge is 2.46. The number of benzene rings is 2. The Balaban J connectivity index is 1.24. The highest BCUT2D eigenvalue weighted by molar-refractivity contribution is 7.09. The number of likely N-dealkylation sites (tertiary alicyclic amines) is 1. The van der Waals surface area contributed by atoms with Crippen molar-refractivity contribution in [2.24, 2.45) is 0 Å². The summed E-state index contributed by atoms with van der Waals surface area (Å²) in [5.41, 5.74) is 3.82. The fraction of sp³-hybridized carbons (Fsp3) is 0.286. The van der Waals surface area contributed by atoms with Crippen molar-refractivity contribution in [1.29, 1.82) is 0 Å². The molecule has 1 fully saturated rings. The van der Waals surface area contributed by atoms with E-state index in [0.717, 1.165) is 33.9 Å². The Kier molecular flexibility index (Phi) is 7.34. The highest BCUT2D eigenvalue weighted by atomic mass is 35.5. The summed E-state index contributed by atoms with van der Waals surface area (Å²) in [4.78, 5) is 31.3. The van der Waals surface area contributed by atoms with Crippen LogP contribution in [0.1, 0.15) is 33.5 Å². The Bertz CT molecular complexity index is 1500. The predicted octanol–water partition coefficient (Wildman–Crippen LogP) is 4.44. The van der Waals surface area contributed by atoms with Crippen molar-refractivity contribution >= 4 is 28.8 Å². The van der Waals surface area contributed by atoms with E-state index in [1.54, 1.807) is 24.3 Å². The van der Waals surface area contributed by atoms with E-state index in [-0.39, 0.29) is 16.8 Å². The van der Waals surface area contributed by atoms with Gasteiger partial charge in [-0.1, -0.05) is 35.1 Å².